The molecule has 2 N–H and O–H groups in total. The lowest BCUT2D eigenvalue weighted by atomic mass is 9.94. The molecule has 0 aliphatic carbocycles. The molecular formula is C30H24Cl3N3O3. The van der Waals surface area contributed by atoms with Crippen molar-refractivity contribution in [3.8, 4) is 22.4 Å². The van der Waals surface area contributed by atoms with Crippen molar-refractivity contribution in [2.75, 3.05) is 0 Å². The zero-order valence-corrected chi connectivity index (χ0v) is 23.6. The second kappa shape index (κ2) is 11.6. The van der Waals surface area contributed by atoms with Crippen LogP contribution in [0.1, 0.15) is 36.7 Å². The fraction of sp³-hybridized carbons (Fsp3) is 0.133. The quantitative estimate of drug-likeness (QED) is 0.183. The molecule has 0 unspecified atom stereocenters. The third kappa shape index (κ3) is 6.66. The Labute approximate surface area is 240 Å². The van der Waals surface area contributed by atoms with E-state index in [4.69, 9.17) is 34.8 Å². The van der Waals surface area contributed by atoms with Gasteiger partial charge in [0, 0.05) is 50.6 Å². The summed E-state index contributed by atoms with van der Waals surface area (Å²) in [5, 5.41) is 4.10. The highest BCUT2D eigenvalue weighted by molar-refractivity contribution is 6.36. The van der Waals surface area contributed by atoms with Crippen molar-refractivity contribution in [3.63, 3.8) is 0 Å². The van der Waals surface area contributed by atoms with E-state index in [2.05, 4.69) is 15.3 Å². The summed E-state index contributed by atoms with van der Waals surface area (Å²) < 4.78 is 0. The minimum Gasteiger partial charge on any atom is -0.325 e. The molecule has 2 aromatic heterocycles. The SMILES string of the molecule is CC(C)(C)C(=O)N/C(=C\C(=O)c1cccnc1)c1cc(-c2ccc(Cl)cc2)c(-c2ccc(Cl)cc2Cl)[nH]c1=O. The first-order valence-corrected chi connectivity index (χ1v) is 13.0. The van der Waals surface area contributed by atoms with Crippen LogP contribution in [0, 0.1) is 5.41 Å². The van der Waals surface area contributed by atoms with E-state index in [-0.39, 0.29) is 17.2 Å². The largest absolute Gasteiger partial charge is 0.325 e. The summed E-state index contributed by atoms with van der Waals surface area (Å²) >= 11 is 18.7. The van der Waals surface area contributed by atoms with E-state index >= 15 is 0 Å². The van der Waals surface area contributed by atoms with Gasteiger partial charge in [-0.2, -0.15) is 0 Å². The smallest absolute Gasteiger partial charge is 0.257 e. The van der Waals surface area contributed by atoms with E-state index in [0.717, 1.165) is 5.56 Å². The zero-order valence-electron chi connectivity index (χ0n) is 21.3. The van der Waals surface area contributed by atoms with Crippen LogP contribution in [0.15, 0.2) is 83.9 Å². The van der Waals surface area contributed by atoms with Crippen LogP contribution in [0.3, 0.4) is 0 Å². The Morgan fingerprint density at radius 2 is 1.62 bits per heavy atom. The number of hydrogen-bond donors (Lipinski definition) is 2. The average molecular weight is 581 g/mol. The van der Waals surface area contributed by atoms with E-state index in [9.17, 15) is 14.4 Å². The lowest BCUT2D eigenvalue weighted by Gasteiger charge is -2.20. The number of pyridine rings is 2. The molecule has 0 fully saturated rings. The van der Waals surface area contributed by atoms with Crippen molar-refractivity contribution < 1.29 is 9.59 Å². The minimum absolute atomic E-state index is 0.0500. The Balaban J connectivity index is 1.97. The molecule has 0 atom stereocenters. The molecule has 0 saturated heterocycles. The van der Waals surface area contributed by atoms with Crippen molar-refractivity contribution in [2.45, 2.75) is 20.8 Å². The summed E-state index contributed by atoms with van der Waals surface area (Å²) in [5.41, 5.74) is 1.41. The number of carbonyl (C=O) groups excluding carboxylic acids is 2. The molecule has 0 radical (unpaired) electrons. The van der Waals surface area contributed by atoms with Gasteiger partial charge in [-0.05, 0) is 54.1 Å². The maximum Gasteiger partial charge on any atom is 0.257 e. The molecule has 1 amide bonds. The van der Waals surface area contributed by atoms with Crippen LogP contribution in [-0.4, -0.2) is 21.7 Å². The van der Waals surface area contributed by atoms with Crippen molar-refractivity contribution >= 4 is 52.2 Å². The normalized spacial score (nSPS) is 11.8. The summed E-state index contributed by atoms with van der Waals surface area (Å²) in [5.74, 6) is -0.797. The lowest BCUT2D eigenvalue weighted by molar-refractivity contribution is -0.127. The number of allylic oxidation sites excluding steroid dienone is 1. The van der Waals surface area contributed by atoms with Gasteiger partial charge in [0.2, 0.25) is 5.91 Å². The molecule has 2 heterocycles. The number of rotatable bonds is 6. The van der Waals surface area contributed by atoms with Gasteiger partial charge < -0.3 is 10.3 Å². The maximum absolute atomic E-state index is 13.6. The highest BCUT2D eigenvalue weighted by atomic mass is 35.5. The van der Waals surface area contributed by atoms with Crippen LogP contribution in [0.4, 0.5) is 0 Å². The van der Waals surface area contributed by atoms with Crippen LogP contribution in [0.25, 0.3) is 28.1 Å². The van der Waals surface area contributed by atoms with Crippen LogP contribution in [0.5, 0.6) is 0 Å². The Kier molecular flexibility index (Phi) is 8.40. The molecule has 0 bridgehead atoms. The van der Waals surface area contributed by atoms with Gasteiger partial charge in [0.15, 0.2) is 5.78 Å². The number of carbonyl (C=O) groups is 2. The van der Waals surface area contributed by atoms with Crippen molar-refractivity contribution in [1.29, 1.82) is 0 Å². The fourth-order valence-electron chi connectivity index (χ4n) is 3.71. The number of ketones is 1. The van der Waals surface area contributed by atoms with Crippen molar-refractivity contribution in [2.24, 2.45) is 5.41 Å². The molecule has 0 aliphatic heterocycles. The number of aromatic nitrogens is 2. The average Bonchev–Trinajstić information content (AvgIpc) is 2.89. The van der Waals surface area contributed by atoms with E-state index in [1.807, 2.05) is 0 Å². The van der Waals surface area contributed by atoms with Gasteiger partial charge in [0.1, 0.15) is 0 Å². The number of amides is 1. The predicted octanol–water partition coefficient (Wildman–Crippen LogP) is 7.45. The third-order valence-corrected chi connectivity index (χ3v) is 6.64. The van der Waals surface area contributed by atoms with E-state index < -0.39 is 16.8 Å². The van der Waals surface area contributed by atoms with Crippen LogP contribution in [-0.2, 0) is 4.79 Å². The molecule has 0 saturated carbocycles. The number of halogens is 3. The third-order valence-electron chi connectivity index (χ3n) is 5.84. The second-order valence-electron chi connectivity index (χ2n) is 9.80. The molecule has 0 aliphatic rings. The van der Waals surface area contributed by atoms with E-state index in [1.165, 1.54) is 12.3 Å². The summed E-state index contributed by atoms with van der Waals surface area (Å²) in [4.78, 5) is 46.6. The number of benzene rings is 2. The van der Waals surface area contributed by atoms with Crippen LogP contribution in [0.2, 0.25) is 15.1 Å². The summed E-state index contributed by atoms with van der Waals surface area (Å²) in [6, 6.07) is 16.8. The summed E-state index contributed by atoms with van der Waals surface area (Å²) in [6.07, 6.45) is 4.19. The molecule has 0 spiro atoms. The fourth-order valence-corrected chi connectivity index (χ4v) is 4.33. The Morgan fingerprint density at radius 1 is 0.923 bits per heavy atom. The number of hydrogen-bond acceptors (Lipinski definition) is 4. The second-order valence-corrected chi connectivity index (χ2v) is 11.1. The van der Waals surface area contributed by atoms with Gasteiger partial charge in [-0.25, -0.2) is 0 Å². The van der Waals surface area contributed by atoms with Crippen LogP contribution >= 0.6 is 34.8 Å². The summed E-state index contributed by atoms with van der Waals surface area (Å²) in [6.45, 7) is 5.20. The number of nitrogens with one attached hydrogen (secondary N) is 2. The lowest BCUT2D eigenvalue weighted by Crippen LogP contribution is -2.35. The number of aromatic amines is 1. The van der Waals surface area contributed by atoms with Crippen molar-refractivity contribution in [1.82, 2.24) is 15.3 Å². The standard InChI is InChI=1S/C30H24Cl3N3O3/c1-30(2,3)29(39)35-25(15-26(37)18-5-4-12-34-16-18)23-14-22(17-6-8-19(31)9-7-17)27(36-28(23)38)21-11-10-20(32)13-24(21)33/h4-16H,1-3H3,(H,35,39)(H,36,38)/b25-15-. The first-order chi connectivity index (χ1) is 18.4. The number of nitrogens with zero attached hydrogens (tertiary/aromatic N) is 1. The predicted molar refractivity (Wildman–Crippen MR) is 157 cm³/mol. The topological polar surface area (TPSA) is 91.9 Å². The van der Waals surface area contributed by atoms with Gasteiger partial charge in [-0.3, -0.25) is 19.4 Å². The molecule has 9 heteroatoms. The first-order valence-electron chi connectivity index (χ1n) is 11.9. The number of H-pyrrole nitrogens is 1. The first kappa shape index (κ1) is 28.3. The molecule has 4 aromatic rings. The monoisotopic (exact) mass is 579 g/mol. The van der Waals surface area contributed by atoms with Gasteiger partial charge >= 0.3 is 0 Å². The molecule has 39 heavy (non-hydrogen) atoms. The molecular weight excluding hydrogens is 557 g/mol. The Bertz CT molecular complexity index is 1640. The molecule has 6 nitrogen and oxygen atoms in total. The van der Waals surface area contributed by atoms with E-state index in [0.29, 0.717) is 37.5 Å². The van der Waals surface area contributed by atoms with Crippen molar-refractivity contribution in [3.05, 3.63) is 116 Å². The highest BCUT2D eigenvalue weighted by Crippen LogP contribution is 2.36. The Morgan fingerprint density at radius 3 is 2.23 bits per heavy atom. The van der Waals surface area contributed by atoms with Gasteiger partial charge in [0.05, 0.1) is 22.0 Å². The molecule has 4 rings (SSSR count). The molecule has 198 valence electrons. The maximum atomic E-state index is 13.6. The minimum atomic E-state index is -0.793. The Hall–Kier alpha value is -3.71. The van der Waals surface area contributed by atoms with E-state index in [1.54, 1.807) is 87.6 Å². The van der Waals surface area contributed by atoms with Crippen LogP contribution < -0.4 is 10.9 Å². The zero-order chi connectivity index (χ0) is 28.3. The highest BCUT2D eigenvalue weighted by Gasteiger charge is 2.25. The molecule has 2 aromatic carbocycles. The van der Waals surface area contributed by atoms with Gasteiger partial charge in [-0.1, -0.05) is 67.7 Å². The van der Waals surface area contributed by atoms with Gasteiger partial charge in [-0.15, -0.1) is 0 Å². The summed E-state index contributed by atoms with van der Waals surface area (Å²) in [7, 11) is 0. The van der Waals surface area contributed by atoms with Gasteiger partial charge in [0.25, 0.3) is 5.56 Å².